The lowest BCUT2D eigenvalue weighted by atomic mass is 10.1. The number of halogens is 3. The smallest absolute Gasteiger partial charge is 0.366 e. The molecular weight excluding hydrogens is 435 g/mol. The highest BCUT2D eigenvalue weighted by molar-refractivity contribution is 7.89. The molecule has 166 valence electrons. The maximum atomic E-state index is 13.2. The van der Waals surface area contributed by atoms with Gasteiger partial charge in [0.15, 0.2) is 0 Å². The van der Waals surface area contributed by atoms with E-state index in [9.17, 15) is 31.2 Å². The Balaban J connectivity index is 1.66. The van der Waals surface area contributed by atoms with Crippen LogP contribution < -0.4 is 5.73 Å². The summed E-state index contributed by atoms with van der Waals surface area (Å²) < 4.78 is 66.2. The fraction of sp³-hybridized carbons (Fsp3) is 0.300. The van der Waals surface area contributed by atoms with Crippen LogP contribution in [0.4, 0.5) is 13.2 Å². The van der Waals surface area contributed by atoms with Crippen molar-refractivity contribution in [2.24, 2.45) is 5.73 Å². The molecule has 7 nitrogen and oxygen atoms in total. The van der Waals surface area contributed by atoms with E-state index in [1.54, 1.807) is 12.1 Å². The molecule has 2 amide bonds. The number of nitrogens with zero attached hydrogens (tertiary/aromatic N) is 2. The number of piperazine rings is 1. The molecule has 0 aromatic heterocycles. The highest BCUT2D eigenvalue weighted by Crippen LogP contribution is 2.35. The number of carbonyl (C=O) groups excluding carboxylic acids is 2. The Bertz CT molecular complexity index is 1080. The zero-order chi connectivity index (χ0) is 22.8. The average molecular weight is 455 g/mol. The monoisotopic (exact) mass is 455 g/mol. The summed E-state index contributed by atoms with van der Waals surface area (Å²) in [7, 11) is -4.37. The summed E-state index contributed by atoms with van der Waals surface area (Å²) in [4.78, 5) is 24.3. The molecule has 0 radical (unpaired) electrons. The van der Waals surface area contributed by atoms with Crippen molar-refractivity contribution in [2.75, 3.05) is 26.2 Å². The maximum Gasteiger partial charge on any atom is 0.417 e. The van der Waals surface area contributed by atoms with Gasteiger partial charge in [-0.05, 0) is 29.8 Å². The Morgan fingerprint density at radius 2 is 1.52 bits per heavy atom. The summed E-state index contributed by atoms with van der Waals surface area (Å²) in [5.74, 6) is -0.832. The van der Waals surface area contributed by atoms with Crippen molar-refractivity contribution in [1.29, 1.82) is 0 Å². The third kappa shape index (κ3) is 5.05. The van der Waals surface area contributed by atoms with Crippen molar-refractivity contribution < 1.29 is 31.2 Å². The SMILES string of the molecule is NC(=O)c1ccc(CC(=O)N2CCN(S(=O)(=O)c3ccccc3C(F)(F)F)CC2)cc1. The van der Waals surface area contributed by atoms with Crippen LogP contribution in [0.2, 0.25) is 0 Å². The number of rotatable bonds is 5. The van der Waals surface area contributed by atoms with Gasteiger partial charge in [0.05, 0.1) is 16.9 Å². The van der Waals surface area contributed by atoms with Crippen molar-refractivity contribution in [2.45, 2.75) is 17.5 Å². The van der Waals surface area contributed by atoms with Crippen LogP contribution in [0.25, 0.3) is 0 Å². The normalized spacial score (nSPS) is 15.6. The van der Waals surface area contributed by atoms with E-state index in [-0.39, 0.29) is 38.5 Å². The fourth-order valence-corrected chi connectivity index (χ4v) is 4.95. The van der Waals surface area contributed by atoms with E-state index in [4.69, 9.17) is 5.73 Å². The molecule has 1 fully saturated rings. The number of amides is 2. The summed E-state index contributed by atoms with van der Waals surface area (Å²) in [6.07, 6.45) is -4.76. The molecule has 1 aliphatic heterocycles. The molecule has 1 aliphatic rings. The van der Waals surface area contributed by atoms with Crippen LogP contribution in [0.1, 0.15) is 21.5 Å². The Kier molecular flexibility index (Phi) is 6.37. The van der Waals surface area contributed by atoms with E-state index in [1.165, 1.54) is 23.1 Å². The molecule has 11 heteroatoms. The topological polar surface area (TPSA) is 101 Å². The molecule has 0 spiro atoms. The van der Waals surface area contributed by atoms with E-state index in [1.807, 2.05) is 0 Å². The summed E-state index contributed by atoms with van der Waals surface area (Å²) in [5.41, 5.74) is 4.93. The second kappa shape index (κ2) is 8.67. The Hall–Kier alpha value is -2.92. The van der Waals surface area contributed by atoms with Gasteiger partial charge in [-0.25, -0.2) is 8.42 Å². The first-order valence-electron chi connectivity index (χ1n) is 9.33. The number of benzene rings is 2. The molecule has 0 unspecified atom stereocenters. The van der Waals surface area contributed by atoms with Gasteiger partial charge in [0.1, 0.15) is 0 Å². The maximum absolute atomic E-state index is 13.2. The first-order chi connectivity index (χ1) is 14.5. The molecule has 3 rings (SSSR count). The van der Waals surface area contributed by atoms with Gasteiger partial charge in [-0.2, -0.15) is 17.5 Å². The number of carbonyl (C=O) groups is 2. The van der Waals surface area contributed by atoms with Crippen molar-refractivity contribution in [3.05, 3.63) is 65.2 Å². The number of nitrogens with two attached hydrogens (primary N) is 1. The first-order valence-corrected chi connectivity index (χ1v) is 10.8. The predicted octanol–water partition coefficient (Wildman–Crippen LogP) is 1.88. The summed E-state index contributed by atoms with van der Waals surface area (Å²) >= 11 is 0. The lowest BCUT2D eigenvalue weighted by molar-refractivity contribution is -0.139. The second-order valence-electron chi connectivity index (χ2n) is 7.02. The standard InChI is InChI=1S/C20H20F3N3O4S/c21-20(22,23)16-3-1-2-4-17(16)31(29,30)26-11-9-25(10-12-26)18(27)13-14-5-7-15(8-6-14)19(24)28/h1-8H,9-13H2,(H2,24,28). The third-order valence-corrected chi connectivity index (χ3v) is 6.95. The fourth-order valence-electron chi connectivity index (χ4n) is 3.32. The van der Waals surface area contributed by atoms with Crippen LogP contribution in [-0.4, -0.2) is 55.6 Å². The van der Waals surface area contributed by atoms with Crippen LogP contribution in [0, 0.1) is 0 Å². The summed E-state index contributed by atoms with van der Waals surface area (Å²) in [6.45, 7) is -0.0982. The van der Waals surface area contributed by atoms with E-state index >= 15 is 0 Å². The number of primary amides is 1. The largest absolute Gasteiger partial charge is 0.417 e. The van der Waals surface area contributed by atoms with Gasteiger partial charge in [0, 0.05) is 31.7 Å². The average Bonchev–Trinajstić information content (AvgIpc) is 2.73. The molecule has 1 heterocycles. The van der Waals surface area contributed by atoms with Gasteiger partial charge in [-0.15, -0.1) is 0 Å². The molecule has 2 aromatic carbocycles. The molecule has 2 N–H and O–H groups in total. The van der Waals surface area contributed by atoms with Gasteiger partial charge < -0.3 is 10.6 Å². The molecule has 0 aliphatic carbocycles. The molecule has 31 heavy (non-hydrogen) atoms. The summed E-state index contributed by atoms with van der Waals surface area (Å²) in [6, 6.07) is 10.3. The Morgan fingerprint density at radius 1 is 0.935 bits per heavy atom. The predicted molar refractivity (Wildman–Crippen MR) is 105 cm³/mol. The Morgan fingerprint density at radius 3 is 2.06 bits per heavy atom. The van der Waals surface area contributed by atoms with Gasteiger partial charge in [0.25, 0.3) is 0 Å². The highest BCUT2D eigenvalue weighted by Gasteiger charge is 2.39. The molecule has 0 atom stereocenters. The van der Waals surface area contributed by atoms with Crippen LogP contribution in [0.3, 0.4) is 0 Å². The lowest BCUT2D eigenvalue weighted by Crippen LogP contribution is -2.51. The van der Waals surface area contributed by atoms with E-state index in [0.29, 0.717) is 11.1 Å². The molecule has 2 aromatic rings. The van der Waals surface area contributed by atoms with Crippen molar-refractivity contribution >= 4 is 21.8 Å². The van der Waals surface area contributed by atoms with Gasteiger partial charge in [-0.3, -0.25) is 9.59 Å². The third-order valence-electron chi connectivity index (χ3n) is 5.00. The molecule has 0 bridgehead atoms. The van der Waals surface area contributed by atoms with Gasteiger partial charge in [-0.1, -0.05) is 24.3 Å². The lowest BCUT2D eigenvalue weighted by Gasteiger charge is -2.34. The van der Waals surface area contributed by atoms with E-state index in [2.05, 4.69) is 0 Å². The zero-order valence-corrected chi connectivity index (χ0v) is 17.1. The van der Waals surface area contributed by atoms with Crippen molar-refractivity contribution in [3.8, 4) is 0 Å². The van der Waals surface area contributed by atoms with Gasteiger partial charge >= 0.3 is 6.18 Å². The van der Waals surface area contributed by atoms with Crippen LogP contribution in [0.15, 0.2) is 53.4 Å². The molecular formula is C20H20F3N3O4S. The summed E-state index contributed by atoms with van der Waals surface area (Å²) in [5, 5.41) is 0. The number of hydrogen-bond donors (Lipinski definition) is 1. The highest BCUT2D eigenvalue weighted by atomic mass is 32.2. The van der Waals surface area contributed by atoms with Crippen molar-refractivity contribution in [3.63, 3.8) is 0 Å². The minimum absolute atomic E-state index is 0.0443. The van der Waals surface area contributed by atoms with Crippen LogP contribution in [-0.2, 0) is 27.4 Å². The first kappa shape index (κ1) is 22.8. The van der Waals surface area contributed by atoms with Crippen LogP contribution in [0.5, 0.6) is 0 Å². The van der Waals surface area contributed by atoms with E-state index < -0.39 is 32.6 Å². The Labute approximate surface area is 177 Å². The second-order valence-corrected chi connectivity index (χ2v) is 8.92. The number of hydrogen-bond acceptors (Lipinski definition) is 4. The number of alkyl halides is 3. The minimum Gasteiger partial charge on any atom is -0.366 e. The van der Waals surface area contributed by atoms with Crippen molar-refractivity contribution in [1.82, 2.24) is 9.21 Å². The zero-order valence-electron chi connectivity index (χ0n) is 16.3. The molecule has 1 saturated heterocycles. The van der Waals surface area contributed by atoms with Gasteiger partial charge in [0.2, 0.25) is 21.8 Å². The molecule has 0 saturated carbocycles. The minimum atomic E-state index is -4.80. The van der Waals surface area contributed by atoms with E-state index in [0.717, 1.165) is 22.5 Å². The van der Waals surface area contributed by atoms with Crippen LogP contribution >= 0.6 is 0 Å². The number of sulfonamides is 1. The quantitative estimate of drug-likeness (QED) is 0.744.